The van der Waals surface area contributed by atoms with E-state index in [4.69, 9.17) is 4.74 Å². The van der Waals surface area contributed by atoms with Crippen LogP contribution in [0.15, 0.2) is 29.8 Å². The van der Waals surface area contributed by atoms with Gasteiger partial charge in [-0.05, 0) is 65.5 Å². The lowest BCUT2D eigenvalue weighted by molar-refractivity contribution is -0.143. The number of β-amino-alcohol motifs (C(OH)–C–C–N with tert-alkyl or cyclic N) is 1. The Morgan fingerprint density at radius 3 is 2.33 bits per heavy atom. The van der Waals surface area contributed by atoms with Gasteiger partial charge in [-0.1, -0.05) is 31.2 Å². The average Bonchev–Trinajstić information content (AvgIpc) is 3.48. The average molecular weight is 761 g/mol. The predicted molar refractivity (Wildman–Crippen MR) is 201 cm³/mol. The molecular weight excluding hydrogens is 708 g/mol. The predicted octanol–water partition coefficient (Wildman–Crippen LogP) is 4.14. The molecule has 3 fully saturated rings. The lowest BCUT2D eigenvalue weighted by Crippen LogP contribution is -2.61. The summed E-state index contributed by atoms with van der Waals surface area (Å²) in [6.07, 6.45) is -1.02. The molecule has 2 saturated heterocycles. The van der Waals surface area contributed by atoms with E-state index in [-0.39, 0.29) is 43.7 Å². The summed E-state index contributed by atoms with van der Waals surface area (Å²) < 4.78 is 19.6. The molecule has 1 saturated carbocycles. The van der Waals surface area contributed by atoms with E-state index in [1.54, 1.807) is 21.7 Å². The maximum absolute atomic E-state index is 15.0. The molecule has 2 aliphatic heterocycles. The molecule has 286 valence electrons. The first-order valence-corrected chi connectivity index (χ1v) is 19.7. The third-order valence-electron chi connectivity index (χ3n) is 9.65. The van der Waals surface area contributed by atoms with Crippen LogP contribution in [-0.2, 0) is 25.7 Å². The Morgan fingerprint density at radius 2 is 1.75 bits per heavy atom. The molecule has 1 aromatic carbocycles. The summed E-state index contributed by atoms with van der Waals surface area (Å²) in [6, 6.07) is 5.70. The van der Waals surface area contributed by atoms with Crippen molar-refractivity contribution in [3.05, 3.63) is 41.0 Å². The number of carbonyl (C=O) groups excluding carboxylic acids is 4. The number of alkyl halides is 1. The number of nitrogens with zero attached hydrogens (tertiary/aromatic N) is 4. The molecule has 52 heavy (non-hydrogen) atoms. The number of halogens is 1. The van der Waals surface area contributed by atoms with Crippen molar-refractivity contribution >= 4 is 46.9 Å². The van der Waals surface area contributed by atoms with Crippen LogP contribution in [0.1, 0.15) is 72.1 Å². The van der Waals surface area contributed by atoms with Crippen LogP contribution in [0.5, 0.6) is 0 Å². The minimum Gasteiger partial charge on any atom is -0.444 e. The van der Waals surface area contributed by atoms with Gasteiger partial charge in [0, 0.05) is 62.2 Å². The molecule has 3 heterocycles. The number of ether oxygens (including phenoxy) is 1. The summed E-state index contributed by atoms with van der Waals surface area (Å²) in [4.78, 5) is 64.2. The van der Waals surface area contributed by atoms with Crippen molar-refractivity contribution in [2.24, 2.45) is 0 Å². The highest BCUT2D eigenvalue weighted by molar-refractivity contribution is 8.01. The van der Waals surface area contributed by atoms with Crippen LogP contribution in [0, 0.1) is 6.92 Å². The van der Waals surface area contributed by atoms with Crippen LogP contribution >= 0.6 is 23.1 Å². The second-order valence-electron chi connectivity index (χ2n) is 15.7. The maximum atomic E-state index is 15.0. The van der Waals surface area contributed by atoms with Crippen molar-refractivity contribution in [2.75, 3.05) is 39.3 Å². The van der Waals surface area contributed by atoms with Crippen LogP contribution in [0.4, 0.5) is 9.18 Å². The molecule has 4 amide bonds. The van der Waals surface area contributed by atoms with E-state index in [1.807, 2.05) is 72.7 Å². The number of hydrogen-bond acceptors (Lipinski definition) is 10. The number of aryl methyl sites for hydroxylation is 1. The highest BCUT2D eigenvalue weighted by Crippen LogP contribution is 2.41. The van der Waals surface area contributed by atoms with Crippen molar-refractivity contribution in [3.8, 4) is 10.4 Å². The van der Waals surface area contributed by atoms with Gasteiger partial charge in [0.15, 0.2) is 5.67 Å². The van der Waals surface area contributed by atoms with E-state index in [0.717, 1.165) is 21.7 Å². The number of likely N-dealkylation sites (tertiary alicyclic amines) is 1. The number of thiazole rings is 1. The summed E-state index contributed by atoms with van der Waals surface area (Å²) in [6.45, 7) is 16.4. The number of aliphatic hydroxyl groups excluding tert-OH is 1. The lowest BCUT2D eigenvalue weighted by atomic mass is 10.00. The Morgan fingerprint density at radius 1 is 1.10 bits per heavy atom. The van der Waals surface area contributed by atoms with Gasteiger partial charge in [0.05, 0.1) is 22.2 Å². The minimum atomic E-state index is -2.01. The quantitative estimate of drug-likeness (QED) is 0.291. The fraction of sp³-hybridized carbons (Fsp3) is 0.649. The Labute approximate surface area is 314 Å². The Kier molecular flexibility index (Phi) is 12.3. The zero-order chi connectivity index (χ0) is 38.0. The fourth-order valence-electron chi connectivity index (χ4n) is 6.69. The van der Waals surface area contributed by atoms with E-state index in [0.29, 0.717) is 32.7 Å². The number of hydrogen-bond donors (Lipinski definition) is 3. The van der Waals surface area contributed by atoms with Crippen LogP contribution in [0.25, 0.3) is 10.4 Å². The highest BCUT2D eigenvalue weighted by atomic mass is 32.2. The number of benzene rings is 1. The third-order valence-corrected chi connectivity index (χ3v) is 12.0. The lowest BCUT2D eigenvalue weighted by Gasteiger charge is -2.40. The van der Waals surface area contributed by atoms with E-state index >= 15 is 0 Å². The molecule has 2 aromatic rings. The molecular formula is C37H53FN6O6S2. The van der Waals surface area contributed by atoms with Crippen molar-refractivity contribution < 1.29 is 33.4 Å². The SMILES string of the molecule is Cc1ncsc1-c1ccc(CNC(=O)[C@H]2C[C@@H](O)CN2C(=O)[C@@H](NC(=O)C2(F)CC2)C(C)(C)S[C@@H](C)CN2CCN(C(=O)OC(C)(C)C)CC2)cc1. The second kappa shape index (κ2) is 16.0. The van der Waals surface area contributed by atoms with Gasteiger partial charge >= 0.3 is 6.09 Å². The van der Waals surface area contributed by atoms with Gasteiger partial charge in [-0.2, -0.15) is 0 Å². The first-order valence-electron chi connectivity index (χ1n) is 18.0. The number of aromatic nitrogens is 1. The fourth-order valence-corrected chi connectivity index (χ4v) is 9.12. The molecule has 4 atom stereocenters. The van der Waals surface area contributed by atoms with Crippen molar-refractivity contribution in [3.63, 3.8) is 0 Å². The number of carbonyl (C=O) groups is 4. The van der Waals surface area contributed by atoms with Gasteiger partial charge in [0.1, 0.15) is 17.7 Å². The zero-order valence-electron chi connectivity index (χ0n) is 31.2. The van der Waals surface area contributed by atoms with Gasteiger partial charge in [0.2, 0.25) is 11.8 Å². The Bertz CT molecular complexity index is 1600. The molecule has 12 nitrogen and oxygen atoms in total. The summed E-state index contributed by atoms with van der Waals surface area (Å²) in [5.41, 5.74) is 2.09. The molecule has 0 radical (unpaired) electrons. The topological polar surface area (TPSA) is 144 Å². The Balaban J connectivity index is 1.22. The smallest absolute Gasteiger partial charge is 0.410 e. The van der Waals surface area contributed by atoms with Gasteiger partial charge in [0.25, 0.3) is 5.91 Å². The van der Waals surface area contributed by atoms with Crippen molar-refractivity contribution in [1.82, 2.24) is 30.3 Å². The van der Waals surface area contributed by atoms with Crippen molar-refractivity contribution in [1.29, 1.82) is 0 Å². The Hall–Kier alpha value is -3.27. The second-order valence-corrected chi connectivity index (χ2v) is 18.7. The summed E-state index contributed by atoms with van der Waals surface area (Å²) in [5.74, 6) is -1.77. The van der Waals surface area contributed by atoms with Crippen LogP contribution in [0.2, 0.25) is 0 Å². The zero-order valence-corrected chi connectivity index (χ0v) is 32.9. The van der Waals surface area contributed by atoms with Gasteiger partial charge in [-0.15, -0.1) is 23.1 Å². The van der Waals surface area contributed by atoms with E-state index in [2.05, 4.69) is 20.5 Å². The molecule has 3 N–H and O–H groups in total. The number of thioether (sulfide) groups is 1. The monoisotopic (exact) mass is 760 g/mol. The summed E-state index contributed by atoms with van der Waals surface area (Å²) in [5, 5.41) is 16.3. The molecule has 0 unspecified atom stereocenters. The van der Waals surface area contributed by atoms with E-state index in [9.17, 15) is 28.7 Å². The van der Waals surface area contributed by atoms with Crippen molar-refractivity contribution in [2.45, 2.75) is 114 Å². The van der Waals surface area contributed by atoms with Crippen LogP contribution < -0.4 is 10.6 Å². The number of rotatable bonds is 12. The molecule has 5 rings (SSSR count). The van der Waals surface area contributed by atoms with Crippen LogP contribution in [0.3, 0.4) is 0 Å². The maximum Gasteiger partial charge on any atom is 0.410 e. The molecule has 0 bridgehead atoms. The number of amides is 4. The standard InChI is InChI=1S/C37H53FN6O6S2/c1-23(20-42-14-16-43(17-15-42)34(49)50-35(3,4)5)52-36(6,7)30(41-33(48)37(38)12-13-37)32(47)44-21-27(45)18-28(44)31(46)39-19-25-8-10-26(11-9-25)29-24(2)40-22-51-29/h8-11,22-23,27-28,30,45H,12-21H2,1-7H3,(H,39,46)(H,41,48)/t23-,27+,28+,30+/m0/s1. The van der Waals surface area contributed by atoms with Gasteiger partial charge in [-0.25, -0.2) is 14.2 Å². The normalized spacial score (nSPS) is 21.7. The number of piperazine rings is 1. The van der Waals surface area contributed by atoms with E-state index < -0.39 is 51.9 Å². The number of aliphatic hydroxyl groups is 1. The largest absolute Gasteiger partial charge is 0.444 e. The number of nitrogens with one attached hydrogen (secondary N) is 2. The minimum absolute atomic E-state index is 0.00909. The van der Waals surface area contributed by atoms with E-state index in [1.165, 1.54) is 16.7 Å². The molecule has 0 spiro atoms. The summed E-state index contributed by atoms with van der Waals surface area (Å²) in [7, 11) is 0. The molecule has 3 aliphatic rings. The molecule has 15 heteroatoms. The summed E-state index contributed by atoms with van der Waals surface area (Å²) >= 11 is 3.06. The highest BCUT2D eigenvalue weighted by Gasteiger charge is 2.54. The molecule has 1 aliphatic carbocycles. The van der Waals surface area contributed by atoms with Gasteiger partial charge < -0.3 is 30.3 Å². The molecule has 1 aromatic heterocycles. The first kappa shape index (κ1) is 39.9. The first-order chi connectivity index (χ1) is 24.3. The third kappa shape index (κ3) is 10.0. The van der Waals surface area contributed by atoms with Crippen LogP contribution in [-0.4, -0.2) is 127 Å². The van der Waals surface area contributed by atoms with Gasteiger partial charge in [-0.3, -0.25) is 19.3 Å².